The summed E-state index contributed by atoms with van der Waals surface area (Å²) in [4.78, 5) is 4.92. The van der Waals surface area contributed by atoms with Crippen LogP contribution in [-0.2, 0) is 0 Å². The molecule has 2 rings (SSSR count). The van der Waals surface area contributed by atoms with Gasteiger partial charge >= 0.3 is 6.61 Å². The molecule has 0 N–H and O–H groups in total. The highest BCUT2D eigenvalue weighted by Crippen LogP contribution is 2.32. The van der Waals surface area contributed by atoms with Crippen LogP contribution >= 0.6 is 11.8 Å². The number of halogens is 2. The van der Waals surface area contributed by atoms with Crippen LogP contribution in [0.25, 0.3) is 10.8 Å². The molecule has 1 heterocycles. The van der Waals surface area contributed by atoms with Crippen molar-refractivity contribution in [2.75, 3.05) is 5.75 Å². The summed E-state index contributed by atoms with van der Waals surface area (Å²) in [6, 6.07) is 7.39. The Morgan fingerprint density at radius 1 is 1.28 bits per heavy atom. The molecule has 0 unspecified atom stereocenters. The van der Waals surface area contributed by atoms with E-state index in [4.69, 9.17) is 0 Å². The summed E-state index contributed by atoms with van der Waals surface area (Å²) in [7, 11) is 0. The summed E-state index contributed by atoms with van der Waals surface area (Å²) in [5.74, 6) is 0.980. The van der Waals surface area contributed by atoms with Crippen LogP contribution in [-0.4, -0.2) is 17.3 Å². The summed E-state index contributed by atoms with van der Waals surface area (Å²) in [6.07, 6.45) is 2.56. The number of thioether (sulfide) groups is 1. The number of nitrogens with zero attached hydrogens (tertiary/aromatic N) is 1. The maximum absolute atomic E-state index is 12.3. The molecule has 0 aliphatic carbocycles. The van der Waals surface area contributed by atoms with E-state index in [-0.39, 0.29) is 5.88 Å². The third kappa shape index (κ3) is 2.90. The molecule has 0 atom stereocenters. The Labute approximate surface area is 108 Å². The lowest BCUT2D eigenvalue weighted by Crippen LogP contribution is -2.03. The van der Waals surface area contributed by atoms with Crippen LogP contribution in [0.5, 0.6) is 5.88 Å². The van der Waals surface area contributed by atoms with E-state index in [1.54, 1.807) is 17.8 Å². The third-order valence-corrected chi connectivity index (χ3v) is 3.67. The maximum Gasteiger partial charge on any atom is 0.388 e. The van der Waals surface area contributed by atoms with Crippen molar-refractivity contribution in [2.45, 2.75) is 24.9 Å². The molecule has 0 amide bonds. The van der Waals surface area contributed by atoms with Crippen molar-refractivity contribution in [3.05, 3.63) is 30.5 Å². The van der Waals surface area contributed by atoms with Crippen LogP contribution in [0.1, 0.15) is 13.3 Å². The normalized spacial score (nSPS) is 11.1. The van der Waals surface area contributed by atoms with E-state index in [0.717, 1.165) is 22.5 Å². The number of alkyl halides is 2. The zero-order chi connectivity index (χ0) is 13.0. The average Bonchev–Trinajstić information content (AvgIpc) is 2.36. The summed E-state index contributed by atoms with van der Waals surface area (Å²) in [5.41, 5.74) is 0. The predicted molar refractivity (Wildman–Crippen MR) is 69.4 cm³/mol. The smallest absolute Gasteiger partial charge is 0.388 e. The molecule has 18 heavy (non-hydrogen) atoms. The molecular formula is C13H13F2NOS. The van der Waals surface area contributed by atoms with Gasteiger partial charge in [-0.1, -0.05) is 13.0 Å². The van der Waals surface area contributed by atoms with Gasteiger partial charge < -0.3 is 4.74 Å². The number of benzene rings is 1. The van der Waals surface area contributed by atoms with Gasteiger partial charge in [0.15, 0.2) is 0 Å². The Morgan fingerprint density at radius 2 is 2.11 bits per heavy atom. The van der Waals surface area contributed by atoms with E-state index in [9.17, 15) is 8.78 Å². The van der Waals surface area contributed by atoms with Crippen LogP contribution in [0.4, 0.5) is 8.78 Å². The lowest BCUT2D eigenvalue weighted by atomic mass is 10.2. The lowest BCUT2D eigenvalue weighted by Gasteiger charge is -2.09. The Bertz CT molecular complexity index is 533. The molecule has 0 fully saturated rings. The van der Waals surface area contributed by atoms with Crippen LogP contribution in [0.15, 0.2) is 35.4 Å². The van der Waals surface area contributed by atoms with Crippen LogP contribution in [0.3, 0.4) is 0 Å². The highest BCUT2D eigenvalue weighted by atomic mass is 32.2. The van der Waals surface area contributed by atoms with Crippen molar-refractivity contribution < 1.29 is 13.5 Å². The van der Waals surface area contributed by atoms with Crippen molar-refractivity contribution in [3.8, 4) is 5.88 Å². The van der Waals surface area contributed by atoms with Crippen molar-refractivity contribution >= 4 is 22.5 Å². The van der Waals surface area contributed by atoms with Crippen molar-refractivity contribution in [3.63, 3.8) is 0 Å². The molecule has 0 saturated carbocycles. The molecule has 0 aliphatic heterocycles. The highest BCUT2D eigenvalue weighted by Gasteiger charge is 2.11. The second-order valence-corrected chi connectivity index (χ2v) is 4.83. The van der Waals surface area contributed by atoms with Crippen LogP contribution < -0.4 is 4.74 Å². The highest BCUT2D eigenvalue weighted by molar-refractivity contribution is 7.99. The molecule has 5 heteroatoms. The second kappa shape index (κ2) is 6.00. The SMILES string of the molecule is CCCSc1cccc2c(OC(F)F)nccc12. The molecule has 1 aromatic heterocycles. The van der Waals surface area contributed by atoms with E-state index in [1.807, 2.05) is 18.2 Å². The number of aromatic nitrogens is 1. The van der Waals surface area contributed by atoms with Gasteiger partial charge in [-0.05, 0) is 30.4 Å². The van der Waals surface area contributed by atoms with Gasteiger partial charge in [0, 0.05) is 21.9 Å². The van der Waals surface area contributed by atoms with Crippen molar-refractivity contribution in [1.29, 1.82) is 0 Å². The first-order valence-corrected chi connectivity index (χ1v) is 6.66. The fourth-order valence-electron chi connectivity index (χ4n) is 1.67. The van der Waals surface area contributed by atoms with E-state index in [0.29, 0.717) is 5.39 Å². The predicted octanol–water partition coefficient (Wildman–Crippen LogP) is 4.34. The third-order valence-electron chi connectivity index (χ3n) is 2.39. The zero-order valence-corrected chi connectivity index (χ0v) is 10.7. The first kappa shape index (κ1) is 13.1. The average molecular weight is 269 g/mol. The van der Waals surface area contributed by atoms with Gasteiger partial charge in [0.1, 0.15) is 0 Å². The maximum atomic E-state index is 12.3. The Balaban J connectivity index is 2.44. The number of hydrogen-bond donors (Lipinski definition) is 0. The fraction of sp³-hybridized carbons (Fsp3) is 0.308. The number of pyridine rings is 1. The largest absolute Gasteiger partial charge is 0.416 e. The summed E-state index contributed by atoms with van der Waals surface area (Å²) in [6.45, 7) is -0.750. The molecule has 2 aromatic rings. The molecule has 2 nitrogen and oxygen atoms in total. The Kier molecular flexibility index (Phi) is 4.36. The van der Waals surface area contributed by atoms with E-state index in [1.165, 1.54) is 6.20 Å². The molecule has 96 valence electrons. The van der Waals surface area contributed by atoms with Crippen molar-refractivity contribution in [2.24, 2.45) is 0 Å². The number of fused-ring (bicyclic) bond motifs is 1. The second-order valence-electron chi connectivity index (χ2n) is 3.69. The van der Waals surface area contributed by atoms with Crippen LogP contribution in [0.2, 0.25) is 0 Å². The number of hydrogen-bond acceptors (Lipinski definition) is 3. The van der Waals surface area contributed by atoms with Gasteiger partial charge in [-0.2, -0.15) is 8.78 Å². The molecule has 0 saturated heterocycles. The van der Waals surface area contributed by atoms with Gasteiger partial charge in [-0.15, -0.1) is 11.8 Å². The minimum absolute atomic E-state index is 0.0125. The first-order valence-electron chi connectivity index (χ1n) is 5.67. The molecular weight excluding hydrogens is 256 g/mol. The monoisotopic (exact) mass is 269 g/mol. The Hall–Kier alpha value is -1.36. The van der Waals surface area contributed by atoms with E-state index < -0.39 is 6.61 Å². The van der Waals surface area contributed by atoms with Crippen molar-refractivity contribution in [1.82, 2.24) is 4.98 Å². The number of rotatable bonds is 5. The van der Waals surface area contributed by atoms with Gasteiger partial charge in [0.25, 0.3) is 0 Å². The minimum atomic E-state index is -2.85. The Morgan fingerprint density at radius 3 is 2.83 bits per heavy atom. The van der Waals surface area contributed by atoms with Gasteiger partial charge in [-0.3, -0.25) is 0 Å². The van der Waals surface area contributed by atoms with Gasteiger partial charge in [0.05, 0.1) is 0 Å². The summed E-state index contributed by atoms with van der Waals surface area (Å²) in [5, 5.41) is 1.53. The quantitative estimate of drug-likeness (QED) is 0.754. The van der Waals surface area contributed by atoms with E-state index >= 15 is 0 Å². The fourth-order valence-corrected chi connectivity index (χ4v) is 2.60. The van der Waals surface area contributed by atoms with Gasteiger partial charge in [-0.25, -0.2) is 4.98 Å². The zero-order valence-electron chi connectivity index (χ0n) is 9.90. The van der Waals surface area contributed by atoms with Gasteiger partial charge in [0.2, 0.25) is 5.88 Å². The molecule has 1 aromatic carbocycles. The number of ether oxygens (including phenoxy) is 1. The molecule has 0 aliphatic rings. The topological polar surface area (TPSA) is 22.1 Å². The lowest BCUT2D eigenvalue weighted by molar-refractivity contribution is -0.0517. The summed E-state index contributed by atoms with van der Waals surface area (Å²) < 4.78 is 29.0. The molecule has 0 spiro atoms. The minimum Gasteiger partial charge on any atom is -0.416 e. The molecule has 0 bridgehead atoms. The molecule has 0 radical (unpaired) electrons. The standard InChI is InChI=1S/C13H13F2NOS/c1-2-8-18-11-5-3-4-10-9(11)6-7-16-12(10)17-13(14)15/h3-7,13H,2,8H2,1H3. The first-order chi connectivity index (χ1) is 8.72. The van der Waals surface area contributed by atoms with E-state index in [2.05, 4.69) is 16.6 Å². The van der Waals surface area contributed by atoms with Crippen LogP contribution in [0, 0.1) is 0 Å². The summed E-state index contributed by atoms with van der Waals surface area (Å²) >= 11 is 1.71.